The Labute approximate surface area is 587 Å². The van der Waals surface area contributed by atoms with Gasteiger partial charge in [0.05, 0.1) is 33.6 Å². The number of para-hydroxylation sites is 4. The summed E-state index contributed by atoms with van der Waals surface area (Å²) >= 11 is 0. The van der Waals surface area contributed by atoms with E-state index in [1.54, 1.807) is 0 Å². The molecular formula is C96H65BN2O2. The zero-order valence-corrected chi connectivity index (χ0v) is 56.1. The summed E-state index contributed by atoms with van der Waals surface area (Å²) in [5, 5.41) is 4.32. The van der Waals surface area contributed by atoms with Crippen LogP contribution in [0.25, 0.3) is 88.4 Å². The first-order valence-corrected chi connectivity index (χ1v) is 35.3. The van der Waals surface area contributed by atoms with Crippen LogP contribution in [0.4, 0.5) is 34.1 Å². The molecule has 0 amide bonds. The number of hydrogen-bond donors (Lipinski definition) is 0. The Bertz CT molecular complexity index is 5830. The molecule has 0 spiro atoms. The summed E-state index contributed by atoms with van der Waals surface area (Å²) in [6, 6.07) is 127. The normalized spacial score (nSPS) is 14.2. The number of anilines is 6. The lowest BCUT2D eigenvalue weighted by atomic mass is 9.33. The van der Waals surface area contributed by atoms with Gasteiger partial charge in [-0.05, 0) is 154 Å². The van der Waals surface area contributed by atoms with Crippen LogP contribution < -0.4 is 26.2 Å². The molecule has 5 heteroatoms. The van der Waals surface area contributed by atoms with Crippen molar-refractivity contribution in [1.82, 2.24) is 0 Å². The predicted octanol–water partition coefficient (Wildman–Crippen LogP) is 22.9. The molecule has 474 valence electrons. The molecule has 0 bridgehead atoms. The monoisotopic (exact) mass is 1290 g/mol. The highest BCUT2D eigenvalue weighted by atomic mass is 16.3. The maximum Gasteiger partial charge on any atom is 0.252 e. The minimum absolute atomic E-state index is 0.262. The van der Waals surface area contributed by atoms with Gasteiger partial charge in [0.2, 0.25) is 0 Å². The minimum Gasteiger partial charge on any atom is -0.454 e. The van der Waals surface area contributed by atoms with Crippen molar-refractivity contribution in [2.75, 3.05) is 9.80 Å². The van der Waals surface area contributed by atoms with Crippen LogP contribution in [0.3, 0.4) is 0 Å². The second-order valence-corrected chi connectivity index (χ2v) is 28.8. The van der Waals surface area contributed by atoms with E-state index in [1.165, 1.54) is 77.8 Å². The third-order valence-electron chi connectivity index (χ3n) is 22.8. The average molecular weight is 1290 g/mol. The molecule has 0 radical (unpaired) electrons. The molecule has 2 aliphatic heterocycles. The summed E-state index contributed by atoms with van der Waals surface area (Å²) in [5.74, 6) is 0. The molecule has 4 aliphatic rings. The van der Waals surface area contributed by atoms with E-state index in [-0.39, 0.29) is 12.1 Å². The second-order valence-electron chi connectivity index (χ2n) is 28.8. The van der Waals surface area contributed by atoms with Crippen LogP contribution in [-0.4, -0.2) is 6.71 Å². The number of rotatable bonds is 8. The summed E-state index contributed by atoms with van der Waals surface area (Å²) in [7, 11) is 0. The highest BCUT2D eigenvalue weighted by molar-refractivity contribution is 7.00. The van der Waals surface area contributed by atoms with Gasteiger partial charge in [-0.25, -0.2) is 0 Å². The fraction of sp³-hybridized carbons (Fsp3) is 0.0625. The van der Waals surface area contributed by atoms with E-state index in [2.05, 4.69) is 370 Å². The molecule has 4 nitrogen and oxygen atoms in total. The molecule has 0 saturated carbocycles. The summed E-state index contributed by atoms with van der Waals surface area (Å²) in [5.41, 5.74) is 32.7. The number of hydrogen-bond acceptors (Lipinski definition) is 4. The number of fused-ring (bicyclic) bond motifs is 18. The Morgan fingerprint density at radius 3 is 1.04 bits per heavy atom. The van der Waals surface area contributed by atoms with E-state index < -0.39 is 10.8 Å². The van der Waals surface area contributed by atoms with Gasteiger partial charge in [0.15, 0.2) is 11.2 Å². The number of nitrogens with zero attached hydrogens (tertiary/aromatic N) is 2. The summed E-state index contributed by atoms with van der Waals surface area (Å²) in [4.78, 5) is 5.19. The molecule has 21 rings (SSSR count). The van der Waals surface area contributed by atoms with E-state index >= 15 is 0 Å². The van der Waals surface area contributed by atoms with Gasteiger partial charge in [0.1, 0.15) is 11.2 Å². The Kier molecular flexibility index (Phi) is 12.3. The number of furan rings is 2. The highest BCUT2D eigenvalue weighted by Gasteiger charge is 2.50. The van der Waals surface area contributed by atoms with Crippen molar-refractivity contribution in [2.24, 2.45) is 0 Å². The van der Waals surface area contributed by atoms with E-state index in [9.17, 15) is 0 Å². The topological polar surface area (TPSA) is 32.8 Å². The van der Waals surface area contributed by atoms with Crippen LogP contribution in [0, 0.1) is 0 Å². The van der Waals surface area contributed by atoms with Crippen LogP contribution in [-0.2, 0) is 16.2 Å². The lowest BCUT2D eigenvalue weighted by molar-refractivity contribution is 0.590. The van der Waals surface area contributed by atoms with Crippen molar-refractivity contribution < 1.29 is 8.83 Å². The van der Waals surface area contributed by atoms with Crippen molar-refractivity contribution in [3.05, 3.63) is 390 Å². The van der Waals surface area contributed by atoms with Gasteiger partial charge in [0, 0.05) is 44.0 Å². The van der Waals surface area contributed by atoms with Crippen molar-refractivity contribution in [3.8, 4) is 44.5 Å². The standard InChI is InChI=1S/C96H65BN2O2/c1-94(2,3)66-58-85-89-86(59-66)99(84-45-25-19-37-68(84)61-49-53-80-76(57-61)70-39-17-23-43-78(70)96(80,64-32-12-6-13-33-64)65-34-14-7-15-35-65)91-82(55-51-74-72-41-21-27-47-88(72)101-93(74)91)97(89)81-54-50-73-71-40-20-26-46-87(71)100-92(73)90(81)98(85)83-44-24-18-36-67(83)60-48-52-79-75(56-60)69-38-16-22-42-77(69)95(79,62-28-8-4-9-29-62)63-30-10-5-11-31-63/h4-59H,1-3H3. The molecule has 15 aromatic carbocycles. The third kappa shape index (κ3) is 7.97. The molecular weight excluding hydrogens is 1220 g/mol. The van der Waals surface area contributed by atoms with Gasteiger partial charge in [-0.2, -0.15) is 0 Å². The molecule has 0 fully saturated rings. The molecule has 2 aromatic heterocycles. The van der Waals surface area contributed by atoms with Crippen molar-refractivity contribution in [1.29, 1.82) is 0 Å². The van der Waals surface area contributed by atoms with Crippen molar-refractivity contribution in [3.63, 3.8) is 0 Å². The predicted molar refractivity (Wildman–Crippen MR) is 419 cm³/mol. The molecule has 0 saturated heterocycles. The molecule has 17 aromatic rings. The summed E-state index contributed by atoms with van der Waals surface area (Å²) in [6.45, 7) is 6.82. The van der Waals surface area contributed by atoms with Crippen LogP contribution in [0.15, 0.2) is 349 Å². The van der Waals surface area contributed by atoms with Gasteiger partial charge in [-0.3, -0.25) is 0 Å². The van der Waals surface area contributed by atoms with E-state index in [0.29, 0.717) is 0 Å². The van der Waals surface area contributed by atoms with Crippen LogP contribution in [0.5, 0.6) is 0 Å². The fourth-order valence-corrected chi connectivity index (χ4v) is 18.5. The van der Waals surface area contributed by atoms with Gasteiger partial charge in [-0.1, -0.05) is 312 Å². The zero-order chi connectivity index (χ0) is 66.9. The molecule has 4 heterocycles. The summed E-state index contributed by atoms with van der Waals surface area (Å²) in [6.07, 6.45) is 0. The number of benzene rings is 15. The smallest absolute Gasteiger partial charge is 0.252 e. The Hall–Kier alpha value is -12.4. The van der Waals surface area contributed by atoms with Crippen LogP contribution in [0.2, 0.25) is 0 Å². The van der Waals surface area contributed by atoms with E-state index in [1.807, 2.05) is 0 Å². The Morgan fingerprint density at radius 2 is 0.634 bits per heavy atom. The first kappa shape index (κ1) is 57.6. The summed E-state index contributed by atoms with van der Waals surface area (Å²) < 4.78 is 14.8. The molecule has 2 aliphatic carbocycles. The van der Waals surface area contributed by atoms with E-state index in [0.717, 1.165) is 111 Å². The zero-order valence-electron chi connectivity index (χ0n) is 56.1. The van der Waals surface area contributed by atoms with Gasteiger partial charge in [-0.15, -0.1) is 0 Å². The maximum absolute atomic E-state index is 7.41. The van der Waals surface area contributed by atoms with Crippen LogP contribution in [0.1, 0.15) is 70.8 Å². The average Bonchev–Trinajstić information content (AvgIpc) is 1.65. The first-order valence-electron chi connectivity index (χ1n) is 35.3. The first-order chi connectivity index (χ1) is 49.8. The molecule has 0 N–H and O–H groups in total. The van der Waals surface area contributed by atoms with E-state index in [4.69, 9.17) is 8.83 Å². The Morgan fingerprint density at radius 1 is 0.287 bits per heavy atom. The maximum atomic E-state index is 7.41. The second kappa shape index (κ2) is 21.5. The third-order valence-corrected chi connectivity index (χ3v) is 22.8. The van der Waals surface area contributed by atoms with Gasteiger partial charge >= 0.3 is 0 Å². The minimum atomic E-state index is -0.538. The lowest BCUT2D eigenvalue weighted by Crippen LogP contribution is -2.61. The van der Waals surface area contributed by atoms with Crippen LogP contribution >= 0.6 is 0 Å². The SMILES string of the molecule is CC(C)(C)c1cc2c3c(c1)N(c1ccccc1-c1ccc4c(c1)-c1ccccc1C4(c1ccccc1)c1ccccc1)c1c(ccc4c1oc1ccccc14)B3c1ccc3c(oc4ccccc43)c1N2c1ccccc1-c1ccc2c(c1)-c1ccccc1C2(c1ccccc1)c1ccccc1. The Balaban J connectivity index is 0.835. The van der Waals surface area contributed by atoms with Crippen molar-refractivity contribution >= 4 is 101 Å². The van der Waals surface area contributed by atoms with Crippen molar-refractivity contribution in [2.45, 2.75) is 37.0 Å². The van der Waals surface area contributed by atoms with Gasteiger partial charge in [0.25, 0.3) is 6.71 Å². The lowest BCUT2D eigenvalue weighted by Gasteiger charge is -2.45. The molecule has 0 unspecified atom stereocenters. The molecule has 101 heavy (non-hydrogen) atoms. The van der Waals surface area contributed by atoms with Gasteiger partial charge < -0.3 is 18.6 Å². The fourth-order valence-electron chi connectivity index (χ4n) is 18.5. The largest absolute Gasteiger partial charge is 0.454 e. The molecule has 0 atom stereocenters. The highest BCUT2D eigenvalue weighted by Crippen LogP contribution is 2.61. The quantitative estimate of drug-likeness (QED) is 0.142.